The maximum atomic E-state index is 12.4. The van der Waals surface area contributed by atoms with Crippen LogP contribution >= 0.6 is 11.8 Å². The number of nitrogens with zero attached hydrogens (tertiary/aromatic N) is 2. The Kier molecular flexibility index (Phi) is 4.00. The van der Waals surface area contributed by atoms with E-state index in [0.717, 1.165) is 17.8 Å². The average Bonchev–Trinajstić information content (AvgIpc) is 2.40. The summed E-state index contributed by atoms with van der Waals surface area (Å²) in [6.45, 7) is 1.84. The SMILES string of the molecule is Cc1cccc(C#N)c1Sc1ccc(C(F)(F)F)cn1. The van der Waals surface area contributed by atoms with Crippen LogP contribution in [0.3, 0.4) is 0 Å². The van der Waals surface area contributed by atoms with Gasteiger partial charge in [-0.1, -0.05) is 23.9 Å². The highest BCUT2D eigenvalue weighted by Gasteiger charge is 2.30. The van der Waals surface area contributed by atoms with E-state index in [9.17, 15) is 13.2 Å². The summed E-state index contributed by atoms with van der Waals surface area (Å²) in [7, 11) is 0. The summed E-state index contributed by atoms with van der Waals surface area (Å²) in [5, 5.41) is 9.46. The fourth-order valence-corrected chi connectivity index (χ4v) is 2.49. The van der Waals surface area contributed by atoms with Gasteiger partial charge in [0.15, 0.2) is 0 Å². The van der Waals surface area contributed by atoms with E-state index in [4.69, 9.17) is 5.26 Å². The van der Waals surface area contributed by atoms with Gasteiger partial charge in [-0.2, -0.15) is 18.4 Å². The van der Waals surface area contributed by atoms with Crippen LogP contribution in [0.4, 0.5) is 13.2 Å². The van der Waals surface area contributed by atoms with Crippen LogP contribution in [0.15, 0.2) is 46.5 Å². The maximum absolute atomic E-state index is 12.4. The predicted molar refractivity (Wildman–Crippen MR) is 69.3 cm³/mol. The van der Waals surface area contributed by atoms with Crippen LogP contribution in [-0.4, -0.2) is 4.98 Å². The maximum Gasteiger partial charge on any atom is 0.417 e. The van der Waals surface area contributed by atoms with Crippen molar-refractivity contribution >= 4 is 11.8 Å². The molecular formula is C14H9F3N2S. The lowest BCUT2D eigenvalue weighted by atomic mass is 10.1. The summed E-state index contributed by atoms with van der Waals surface area (Å²) in [4.78, 5) is 4.50. The van der Waals surface area contributed by atoms with Gasteiger partial charge >= 0.3 is 6.18 Å². The Morgan fingerprint density at radius 2 is 1.95 bits per heavy atom. The van der Waals surface area contributed by atoms with Crippen molar-refractivity contribution in [1.29, 1.82) is 5.26 Å². The van der Waals surface area contributed by atoms with Gasteiger partial charge in [-0.15, -0.1) is 0 Å². The number of aromatic nitrogens is 1. The molecule has 0 radical (unpaired) electrons. The van der Waals surface area contributed by atoms with E-state index >= 15 is 0 Å². The Balaban J connectivity index is 2.30. The highest BCUT2D eigenvalue weighted by Crippen LogP contribution is 2.34. The zero-order chi connectivity index (χ0) is 14.8. The van der Waals surface area contributed by atoms with E-state index in [0.29, 0.717) is 15.5 Å². The van der Waals surface area contributed by atoms with Crippen molar-refractivity contribution in [3.05, 3.63) is 53.2 Å². The molecule has 0 N–H and O–H groups in total. The van der Waals surface area contributed by atoms with Crippen molar-refractivity contribution in [2.45, 2.75) is 23.0 Å². The first-order valence-corrected chi connectivity index (χ1v) is 6.44. The monoisotopic (exact) mass is 294 g/mol. The first-order chi connectivity index (χ1) is 9.41. The highest BCUT2D eigenvalue weighted by molar-refractivity contribution is 7.99. The second-order valence-corrected chi connectivity index (χ2v) is 5.08. The summed E-state index contributed by atoms with van der Waals surface area (Å²) >= 11 is 1.18. The lowest BCUT2D eigenvalue weighted by Crippen LogP contribution is -2.05. The normalized spacial score (nSPS) is 11.2. The molecule has 1 heterocycles. The smallest absolute Gasteiger partial charge is 0.249 e. The van der Waals surface area contributed by atoms with Crippen LogP contribution in [0.25, 0.3) is 0 Å². The number of rotatable bonds is 2. The fourth-order valence-electron chi connectivity index (χ4n) is 1.59. The number of halogens is 3. The van der Waals surface area contributed by atoms with E-state index in [1.807, 2.05) is 13.0 Å². The van der Waals surface area contributed by atoms with E-state index in [2.05, 4.69) is 11.1 Å². The summed E-state index contributed by atoms with van der Waals surface area (Å²) in [5.41, 5.74) is 0.583. The van der Waals surface area contributed by atoms with Gasteiger partial charge in [0, 0.05) is 11.1 Å². The fraction of sp³-hybridized carbons (Fsp3) is 0.143. The van der Waals surface area contributed by atoms with E-state index in [-0.39, 0.29) is 0 Å². The number of nitriles is 1. The molecule has 0 aliphatic rings. The molecule has 6 heteroatoms. The molecule has 0 atom stereocenters. The molecule has 0 bridgehead atoms. The number of alkyl halides is 3. The largest absolute Gasteiger partial charge is 0.417 e. The molecule has 1 aromatic carbocycles. The van der Waals surface area contributed by atoms with Gasteiger partial charge in [-0.3, -0.25) is 0 Å². The highest BCUT2D eigenvalue weighted by atomic mass is 32.2. The number of benzene rings is 1. The molecule has 0 saturated heterocycles. The van der Waals surface area contributed by atoms with E-state index in [1.54, 1.807) is 12.1 Å². The Morgan fingerprint density at radius 3 is 2.50 bits per heavy atom. The van der Waals surface area contributed by atoms with Crippen LogP contribution in [0.1, 0.15) is 16.7 Å². The Morgan fingerprint density at radius 1 is 1.20 bits per heavy atom. The average molecular weight is 294 g/mol. The quantitative estimate of drug-likeness (QED) is 0.822. The molecule has 0 amide bonds. The molecule has 0 aliphatic carbocycles. The molecule has 2 rings (SSSR count). The third-order valence-corrected chi connectivity index (χ3v) is 3.80. The Bertz CT molecular complexity index is 658. The second kappa shape index (κ2) is 5.55. The second-order valence-electron chi connectivity index (χ2n) is 4.05. The summed E-state index contributed by atoms with van der Waals surface area (Å²) in [6.07, 6.45) is -3.59. The molecule has 20 heavy (non-hydrogen) atoms. The van der Waals surface area contributed by atoms with Crippen molar-refractivity contribution in [1.82, 2.24) is 4.98 Å². The number of hydrogen-bond donors (Lipinski definition) is 0. The van der Waals surface area contributed by atoms with Crippen LogP contribution in [0.5, 0.6) is 0 Å². The third kappa shape index (κ3) is 3.11. The van der Waals surface area contributed by atoms with Gasteiger partial charge in [0.1, 0.15) is 11.1 Å². The van der Waals surface area contributed by atoms with Crippen molar-refractivity contribution in [3.8, 4) is 6.07 Å². The van der Waals surface area contributed by atoms with Crippen LogP contribution in [-0.2, 0) is 6.18 Å². The molecular weight excluding hydrogens is 285 g/mol. The molecule has 1 aromatic heterocycles. The third-order valence-electron chi connectivity index (χ3n) is 2.60. The van der Waals surface area contributed by atoms with Gasteiger partial charge in [-0.25, -0.2) is 4.98 Å². The molecule has 2 aromatic rings. The zero-order valence-corrected chi connectivity index (χ0v) is 11.2. The van der Waals surface area contributed by atoms with Gasteiger partial charge in [0.05, 0.1) is 11.1 Å². The standard InChI is InChI=1S/C14H9F3N2S/c1-9-3-2-4-10(7-18)13(9)20-12-6-5-11(8-19-12)14(15,16)17/h2-6,8H,1H3. The topological polar surface area (TPSA) is 36.7 Å². The molecule has 102 valence electrons. The molecule has 0 fully saturated rings. The van der Waals surface area contributed by atoms with E-state index in [1.165, 1.54) is 17.8 Å². The van der Waals surface area contributed by atoms with Crippen molar-refractivity contribution in [2.75, 3.05) is 0 Å². The first kappa shape index (κ1) is 14.4. The molecule has 0 aliphatic heterocycles. The number of hydrogen-bond acceptors (Lipinski definition) is 3. The first-order valence-electron chi connectivity index (χ1n) is 5.62. The lowest BCUT2D eigenvalue weighted by molar-refractivity contribution is -0.137. The number of pyridine rings is 1. The van der Waals surface area contributed by atoms with Crippen molar-refractivity contribution < 1.29 is 13.2 Å². The van der Waals surface area contributed by atoms with Gasteiger partial charge in [-0.05, 0) is 30.7 Å². The molecule has 0 unspecified atom stereocenters. The molecule has 0 spiro atoms. The minimum Gasteiger partial charge on any atom is -0.249 e. The minimum atomic E-state index is -4.39. The summed E-state index contributed by atoms with van der Waals surface area (Å²) in [6, 6.07) is 9.62. The van der Waals surface area contributed by atoms with Crippen molar-refractivity contribution in [2.24, 2.45) is 0 Å². The van der Waals surface area contributed by atoms with E-state index < -0.39 is 11.7 Å². The molecule has 0 saturated carbocycles. The lowest BCUT2D eigenvalue weighted by Gasteiger charge is -2.09. The van der Waals surface area contributed by atoms with Gasteiger partial charge in [0.25, 0.3) is 0 Å². The molecule has 2 nitrogen and oxygen atoms in total. The Hall–Kier alpha value is -2.00. The van der Waals surface area contributed by atoms with Crippen LogP contribution in [0.2, 0.25) is 0 Å². The Labute approximate surface area is 118 Å². The van der Waals surface area contributed by atoms with Crippen LogP contribution in [0, 0.1) is 18.3 Å². The number of aryl methyl sites for hydroxylation is 1. The summed E-state index contributed by atoms with van der Waals surface area (Å²) < 4.78 is 37.3. The zero-order valence-electron chi connectivity index (χ0n) is 10.4. The minimum absolute atomic E-state index is 0.420. The summed E-state index contributed by atoms with van der Waals surface area (Å²) in [5.74, 6) is 0. The van der Waals surface area contributed by atoms with Crippen LogP contribution < -0.4 is 0 Å². The van der Waals surface area contributed by atoms with Gasteiger partial charge < -0.3 is 0 Å². The van der Waals surface area contributed by atoms with Crippen molar-refractivity contribution in [3.63, 3.8) is 0 Å². The predicted octanol–water partition coefficient (Wildman–Crippen LogP) is 4.43. The van der Waals surface area contributed by atoms with Gasteiger partial charge in [0.2, 0.25) is 0 Å².